The number of nitrogens with two attached hydrogens (primary N) is 1. The summed E-state index contributed by atoms with van der Waals surface area (Å²) >= 11 is 15.6. The molecule has 2 rings (SSSR count). The molecule has 0 spiro atoms. The Labute approximate surface area is 131 Å². The summed E-state index contributed by atoms with van der Waals surface area (Å²) in [6.07, 6.45) is 0. The monoisotopic (exact) mass is 358 g/mol. The minimum atomic E-state index is -0.0564. The molecule has 1 atom stereocenters. The van der Waals surface area contributed by atoms with Gasteiger partial charge in [0.25, 0.3) is 0 Å². The highest BCUT2D eigenvalue weighted by Crippen LogP contribution is 2.29. The second kappa shape index (κ2) is 6.62. The Morgan fingerprint density at radius 2 is 1.95 bits per heavy atom. The molecule has 0 amide bonds. The summed E-state index contributed by atoms with van der Waals surface area (Å²) in [4.78, 5) is 0. The lowest BCUT2D eigenvalue weighted by Crippen LogP contribution is -2.20. The third-order valence-electron chi connectivity index (χ3n) is 2.74. The molecule has 0 bridgehead atoms. The number of rotatable bonds is 4. The van der Waals surface area contributed by atoms with Crippen LogP contribution >= 0.6 is 39.1 Å². The topological polar surface area (TPSA) is 38.0 Å². The van der Waals surface area contributed by atoms with E-state index in [4.69, 9.17) is 28.9 Å². The Morgan fingerprint density at radius 3 is 2.58 bits per heavy atom. The molecule has 3 N–H and O–H groups in total. The minimum Gasteiger partial charge on any atom is -0.377 e. The van der Waals surface area contributed by atoms with Crippen LogP contribution in [0.5, 0.6) is 0 Å². The van der Waals surface area contributed by atoms with E-state index < -0.39 is 0 Å². The Balaban J connectivity index is 2.25. The van der Waals surface area contributed by atoms with E-state index >= 15 is 0 Å². The molecule has 0 fully saturated rings. The van der Waals surface area contributed by atoms with Gasteiger partial charge in [-0.1, -0.05) is 51.3 Å². The SMILES string of the molecule is NCC(Nc1cccc(Cl)c1)c1ccc(Br)cc1Cl. The van der Waals surface area contributed by atoms with Gasteiger partial charge in [-0.25, -0.2) is 0 Å². The zero-order chi connectivity index (χ0) is 13.8. The van der Waals surface area contributed by atoms with Crippen molar-refractivity contribution in [1.82, 2.24) is 0 Å². The summed E-state index contributed by atoms with van der Waals surface area (Å²) in [7, 11) is 0. The smallest absolute Gasteiger partial charge is 0.0650 e. The maximum atomic E-state index is 6.25. The fourth-order valence-corrected chi connectivity index (χ4v) is 2.82. The van der Waals surface area contributed by atoms with Crippen molar-refractivity contribution in [2.45, 2.75) is 6.04 Å². The number of halogens is 3. The quantitative estimate of drug-likeness (QED) is 0.817. The lowest BCUT2D eigenvalue weighted by Gasteiger charge is -2.20. The normalized spacial score (nSPS) is 12.2. The van der Waals surface area contributed by atoms with E-state index in [9.17, 15) is 0 Å². The number of nitrogens with one attached hydrogen (secondary N) is 1. The third-order valence-corrected chi connectivity index (χ3v) is 3.79. The molecule has 0 aliphatic rings. The standard InChI is InChI=1S/C14H13BrCl2N2/c15-9-4-5-12(13(17)6-9)14(8-18)19-11-3-1-2-10(16)7-11/h1-7,14,19H,8,18H2. The van der Waals surface area contributed by atoms with E-state index in [1.165, 1.54) is 0 Å². The van der Waals surface area contributed by atoms with Gasteiger partial charge in [0.15, 0.2) is 0 Å². The maximum absolute atomic E-state index is 6.25. The lowest BCUT2D eigenvalue weighted by molar-refractivity contribution is 0.790. The molecular weight excluding hydrogens is 347 g/mol. The predicted octanol–water partition coefficient (Wildman–Crippen LogP) is 4.87. The summed E-state index contributed by atoms with van der Waals surface area (Å²) in [5.41, 5.74) is 7.72. The number of benzene rings is 2. The Morgan fingerprint density at radius 1 is 1.16 bits per heavy atom. The van der Waals surface area contributed by atoms with E-state index in [-0.39, 0.29) is 6.04 Å². The van der Waals surface area contributed by atoms with Crippen LogP contribution < -0.4 is 11.1 Å². The summed E-state index contributed by atoms with van der Waals surface area (Å²) in [5, 5.41) is 4.70. The molecule has 0 aromatic heterocycles. The zero-order valence-electron chi connectivity index (χ0n) is 10.0. The number of hydrogen-bond acceptors (Lipinski definition) is 2. The van der Waals surface area contributed by atoms with Crippen molar-refractivity contribution in [3.8, 4) is 0 Å². The summed E-state index contributed by atoms with van der Waals surface area (Å²) < 4.78 is 0.944. The molecule has 0 radical (unpaired) electrons. The van der Waals surface area contributed by atoms with Gasteiger partial charge in [0.2, 0.25) is 0 Å². The maximum Gasteiger partial charge on any atom is 0.0650 e. The Bertz CT molecular complexity index is 575. The fourth-order valence-electron chi connectivity index (χ4n) is 1.83. The van der Waals surface area contributed by atoms with Crippen LogP contribution in [-0.2, 0) is 0 Å². The zero-order valence-corrected chi connectivity index (χ0v) is 13.1. The molecule has 0 saturated carbocycles. The molecule has 2 aromatic rings. The van der Waals surface area contributed by atoms with Gasteiger partial charge in [-0.15, -0.1) is 0 Å². The van der Waals surface area contributed by atoms with Crippen LogP contribution in [-0.4, -0.2) is 6.54 Å². The van der Waals surface area contributed by atoms with Gasteiger partial charge in [0.05, 0.1) is 6.04 Å². The second-order valence-corrected chi connectivity index (χ2v) is 5.87. The largest absolute Gasteiger partial charge is 0.377 e. The summed E-state index contributed by atoms with van der Waals surface area (Å²) in [6, 6.07) is 13.2. The molecule has 19 heavy (non-hydrogen) atoms. The van der Waals surface area contributed by atoms with Crippen LogP contribution in [0, 0.1) is 0 Å². The first kappa shape index (κ1) is 14.7. The molecule has 0 saturated heterocycles. The van der Waals surface area contributed by atoms with Gasteiger partial charge < -0.3 is 11.1 Å². The van der Waals surface area contributed by atoms with Crippen molar-refractivity contribution in [3.63, 3.8) is 0 Å². The molecular formula is C14H13BrCl2N2. The van der Waals surface area contributed by atoms with Crippen LogP contribution in [0.4, 0.5) is 5.69 Å². The van der Waals surface area contributed by atoms with Crippen molar-refractivity contribution in [2.24, 2.45) is 5.73 Å². The van der Waals surface area contributed by atoms with Crippen LogP contribution in [0.1, 0.15) is 11.6 Å². The molecule has 2 nitrogen and oxygen atoms in total. The number of anilines is 1. The third kappa shape index (κ3) is 3.86. The van der Waals surface area contributed by atoms with Gasteiger partial charge in [-0.2, -0.15) is 0 Å². The van der Waals surface area contributed by atoms with Gasteiger partial charge in [-0.05, 0) is 35.9 Å². The van der Waals surface area contributed by atoms with Crippen LogP contribution in [0.3, 0.4) is 0 Å². The summed E-state index contributed by atoms with van der Waals surface area (Å²) in [6.45, 7) is 0.438. The van der Waals surface area contributed by atoms with Gasteiger partial charge >= 0.3 is 0 Å². The first-order valence-electron chi connectivity index (χ1n) is 5.77. The van der Waals surface area contributed by atoms with Crippen molar-refractivity contribution in [3.05, 3.63) is 62.5 Å². The number of hydrogen-bond donors (Lipinski definition) is 2. The van der Waals surface area contributed by atoms with Gasteiger partial charge in [-0.3, -0.25) is 0 Å². The second-order valence-electron chi connectivity index (χ2n) is 4.11. The lowest BCUT2D eigenvalue weighted by atomic mass is 10.1. The highest BCUT2D eigenvalue weighted by atomic mass is 79.9. The van der Waals surface area contributed by atoms with E-state index in [2.05, 4.69) is 21.2 Å². The molecule has 2 aromatic carbocycles. The van der Waals surface area contributed by atoms with Crippen molar-refractivity contribution >= 4 is 44.8 Å². The van der Waals surface area contributed by atoms with E-state index in [0.717, 1.165) is 15.7 Å². The van der Waals surface area contributed by atoms with E-state index in [0.29, 0.717) is 16.6 Å². The molecule has 100 valence electrons. The fraction of sp³-hybridized carbons (Fsp3) is 0.143. The van der Waals surface area contributed by atoms with E-state index in [1.54, 1.807) is 0 Å². The Kier molecular flexibility index (Phi) is 5.11. The van der Waals surface area contributed by atoms with Crippen LogP contribution in [0.2, 0.25) is 10.0 Å². The molecule has 5 heteroatoms. The van der Waals surface area contributed by atoms with Crippen LogP contribution in [0.25, 0.3) is 0 Å². The van der Waals surface area contributed by atoms with E-state index in [1.807, 2.05) is 42.5 Å². The molecule has 0 heterocycles. The first-order chi connectivity index (χ1) is 9.10. The van der Waals surface area contributed by atoms with Crippen molar-refractivity contribution in [1.29, 1.82) is 0 Å². The van der Waals surface area contributed by atoms with Crippen LogP contribution in [0.15, 0.2) is 46.9 Å². The molecule has 1 unspecified atom stereocenters. The highest BCUT2D eigenvalue weighted by molar-refractivity contribution is 9.10. The van der Waals surface area contributed by atoms with Crippen molar-refractivity contribution in [2.75, 3.05) is 11.9 Å². The Hall–Kier alpha value is -0.740. The predicted molar refractivity (Wildman–Crippen MR) is 86.0 cm³/mol. The average Bonchev–Trinajstić information content (AvgIpc) is 2.37. The minimum absolute atomic E-state index is 0.0564. The van der Waals surface area contributed by atoms with Gasteiger partial charge in [0, 0.05) is 26.8 Å². The van der Waals surface area contributed by atoms with Crippen molar-refractivity contribution < 1.29 is 0 Å². The van der Waals surface area contributed by atoms with Gasteiger partial charge in [0.1, 0.15) is 0 Å². The average molecular weight is 360 g/mol. The first-order valence-corrected chi connectivity index (χ1v) is 7.32. The highest BCUT2D eigenvalue weighted by Gasteiger charge is 2.13. The molecule has 0 aliphatic carbocycles. The molecule has 0 aliphatic heterocycles. The summed E-state index contributed by atoms with van der Waals surface area (Å²) in [5.74, 6) is 0.